The standard InChI is InChI=1S/C21H23FO5/c1-20-8-16(25)19-11(12(20)3-4-13(20)17(26)9-23)7-15(22)14-5-10(24)6-18(27)21(14,19)2/h5,7,11-13,19,23H,3-4,6,8-9H2,1-2H3/t11-,12-,13+,19+,20-,21+/m0/s1. The molecule has 0 aromatic rings. The molecule has 0 spiro atoms. The third-order valence-corrected chi connectivity index (χ3v) is 7.70. The first-order chi connectivity index (χ1) is 12.6. The van der Waals surface area contributed by atoms with Gasteiger partial charge in [0.25, 0.3) is 0 Å². The van der Waals surface area contributed by atoms with Crippen LogP contribution in [-0.4, -0.2) is 34.8 Å². The van der Waals surface area contributed by atoms with E-state index in [0.29, 0.717) is 12.8 Å². The Balaban J connectivity index is 1.85. The van der Waals surface area contributed by atoms with Crippen LogP contribution in [0, 0.1) is 34.5 Å². The Bertz CT molecular complexity index is 840. The molecule has 5 nitrogen and oxygen atoms in total. The van der Waals surface area contributed by atoms with Crippen LogP contribution in [0.1, 0.15) is 39.5 Å². The first-order valence-corrected chi connectivity index (χ1v) is 9.47. The van der Waals surface area contributed by atoms with Gasteiger partial charge in [0.2, 0.25) is 0 Å². The van der Waals surface area contributed by atoms with Crippen molar-refractivity contribution >= 4 is 23.1 Å². The highest BCUT2D eigenvalue weighted by atomic mass is 19.1. The SMILES string of the molecule is C[C@]12C(=O)CC(=O)C=C1C(F)=C[C@@H]1[C@@H]2C(=O)C[C@]2(C)[C@@H](C(=O)CO)CC[C@@H]12. The Morgan fingerprint density at radius 2 is 1.96 bits per heavy atom. The van der Waals surface area contributed by atoms with Crippen LogP contribution >= 0.6 is 0 Å². The van der Waals surface area contributed by atoms with Gasteiger partial charge in [-0.1, -0.05) is 6.92 Å². The van der Waals surface area contributed by atoms with Gasteiger partial charge in [0.15, 0.2) is 17.3 Å². The molecule has 4 aliphatic rings. The summed E-state index contributed by atoms with van der Waals surface area (Å²) in [6.07, 6.45) is 3.60. The van der Waals surface area contributed by atoms with Crippen LogP contribution < -0.4 is 0 Å². The number of carbonyl (C=O) groups is 4. The van der Waals surface area contributed by atoms with Gasteiger partial charge < -0.3 is 5.11 Å². The van der Waals surface area contributed by atoms with Crippen LogP contribution in [0.2, 0.25) is 0 Å². The van der Waals surface area contributed by atoms with E-state index in [1.54, 1.807) is 6.92 Å². The normalized spacial score (nSPS) is 43.5. The minimum absolute atomic E-state index is 0.0305. The Kier molecular flexibility index (Phi) is 3.94. The van der Waals surface area contributed by atoms with E-state index in [4.69, 9.17) is 0 Å². The van der Waals surface area contributed by atoms with Crippen molar-refractivity contribution in [3.05, 3.63) is 23.6 Å². The molecule has 6 heteroatoms. The van der Waals surface area contributed by atoms with E-state index in [0.717, 1.165) is 0 Å². The van der Waals surface area contributed by atoms with Crippen molar-refractivity contribution in [2.45, 2.75) is 39.5 Å². The Morgan fingerprint density at radius 3 is 2.63 bits per heavy atom. The minimum Gasteiger partial charge on any atom is -0.389 e. The van der Waals surface area contributed by atoms with Crippen molar-refractivity contribution < 1.29 is 28.7 Å². The minimum atomic E-state index is -1.32. The Morgan fingerprint density at radius 1 is 1.26 bits per heavy atom. The van der Waals surface area contributed by atoms with E-state index < -0.39 is 52.6 Å². The van der Waals surface area contributed by atoms with Crippen LogP contribution in [0.25, 0.3) is 0 Å². The number of allylic oxidation sites excluding steroid dienone is 4. The predicted octanol–water partition coefficient (Wildman–Crippen LogP) is 2.13. The molecule has 0 aromatic carbocycles. The maximum atomic E-state index is 15.0. The molecule has 0 unspecified atom stereocenters. The van der Waals surface area contributed by atoms with Crippen LogP contribution in [0.5, 0.6) is 0 Å². The molecule has 0 bridgehead atoms. The lowest BCUT2D eigenvalue weighted by atomic mass is 9.47. The van der Waals surface area contributed by atoms with Crippen molar-refractivity contribution in [1.29, 1.82) is 0 Å². The van der Waals surface area contributed by atoms with Gasteiger partial charge in [-0.05, 0) is 49.2 Å². The van der Waals surface area contributed by atoms with Gasteiger partial charge in [0.1, 0.15) is 18.2 Å². The third-order valence-electron chi connectivity index (χ3n) is 7.70. The molecule has 4 rings (SSSR count). The summed E-state index contributed by atoms with van der Waals surface area (Å²) in [6.45, 7) is 2.90. The van der Waals surface area contributed by atoms with Crippen molar-refractivity contribution in [2.24, 2.45) is 34.5 Å². The fraction of sp³-hybridized carbons (Fsp3) is 0.619. The lowest BCUT2D eigenvalue weighted by molar-refractivity contribution is -0.151. The summed E-state index contributed by atoms with van der Waals surface area (Å²) >= 11 is 0. The number of halogens is 1. The smallest absolute Gasteiger partial charge is 0.163 e. The molecule has 144 valence electrons. The largest absolute Gasteiger partial charge is 0.389 e. The van der Waals surface area contributed by atoms with Gasteiger partial charge >= 0.3 is 0 Å². The first kappa shape index (κ1) is 18.4. The Hall–Kier alpha value is -1.95. The van der Waals surface area contributed by atoms with Gasteiger partial charge in [-0.25, -0.2) is 4.39 Å². The maximum absolute atomic E-state index is 15.0. The zero-order valence-electron chi connectivity index (χ0n) is 15.5. The van der Waals surface area contributed by atoms with E-state index in [-0.39, 0.29) is 35.9 Å². The summed E-state index contributed by atoms with van der Waals surface area (Å²) in [4.78, 5) is 50.1. The topological polar surface area (TPSA) is 88.5 Å². The number of ketones is 4. The van der Waals surface area contributed by atoms with E-state index in [2.05, 4.69) is 0 Å². The molecule has 2 saturated carbocycles. The van der Waals surface area contributed by atoms with Crippen molar-refractivity contribution in [2.75, 3.05) is 6.61 Å². The fourth-order valence-electron chi connectivity index (χ4n) is 6.41. The highest BCUT2D eigenvalue weighted by Gasteiger charge is 2.65. The summed E-state index contributed by atoms with van der Waals surface area (Å²) in [6, 6.07) is 0. The van der Waals surface area contributed by atoms with E-state index in [1.807, 2.05) is 6.92 Å². The molecule has 0 radical (unpaired) electrons. The molecule has 0 amide bonds. The highest BCUT2D eigenvalue weighted by Crippen LogP contribution is 2.64. The summed E-state index contributed by atoms with van der Waals surface area (Å²) in [7, 11) is 0. The second kappa shape index (κ2) is 5.77. The fourth-order valence-corrected chi connectivity index (χ4v) is 6.41. The molecule has 4 aliphatic carbocycles. The molecular formula is C21H23FO5. The second-order valence-electron chi connectivity index (χ2n) is 8.91. The zero-order chi connectivity index (χ0) is 19.7. The molecule has 0 saturated heterocycles. The lowest BCUT2D eigenvalue weighted by Crippen LogP contribution is -2.57. The van der Waals surface area contributed by atoms with Crippen LogP contribution in [0.3, 0.4) is 0 Å². The number of fused-ring (bicyclic) bond motifs is 5. The number of Topliss-reactive ketones (excluding diaryl/α,β-unsaturated/α-hetero) is 3. The van der Waals surface area contributed by atoms with Crippen molar-refractivity contribution in [1.82, 2.24) is 0 Å². The maximum Gasteiger partial charge on any atom is 0.163 e. The van der Waals surface area contributed by atoms with Gasteiger partial charge in [-0.15, -0.1) is 0 Å². The second-order valence-corrected chi connectivity index (χ2v) is 8.91. The average Bonchev–Trinajstić information content (AvgIpc) is 2.93. The number of aliphatic hydroxyl groups excluding tert-OH is 1. The number of aliphatic hydroxyl groups is 1. The summed E-state index contributed by atoms with van der Waals surface area (Å²) in [5.74, 6) is -3.60. The van der Waals surface area contributed by atoms with Gasteiger partial charge in [0.05, 0.1) is 11.8 Å². The number of carbonyl (C=O) groups excluding carboxylic acids is 4. The number of hydrogen-bond acceptors (Lipinski definition) is 5. The third kappa shape index (κ3) is 2.25. The molecular weight excluding hydrogens is 351 g/mol. The predicted molar refractivity (Wildman–Crippen MR) is 93.0 cm³/mol. The summed E-state index contributed by atoms with van der Waals surface area (Å²) in [5, 5.41) is 9.30. The average molecular weight is 374 g/mol. The number of hydrogen-bond donors (Lipinski definition) is 1. The monoisotopic (exact) mass is 374 g/mol. The van der Waals surface area contributed by atoms with Crippen LogP contribution in [-0.2, 0) is 19.2 Å². The summed E-state index contributed by atoms with van der Waals surface area (Å²) < 4.78 is 15.0. The molecule has 6 atom stereocenters. The van der Waals surface area contributed by atoms with Crippen molar-refractivity contribution in [3.63, 3.8) is 0 Å². The van der Waals surface area contributed by atoms with Gasteiger partial charge in [-0.3, -0.25) is 19.2 Å². The molecule has 27 heavy (non-hydrogen) atoms. The van der Waals surface area contributed by atoms with Crippen LogP contribution in [0.15, 0.2) is 23.6 Å². The molecule has 2 fully saturated rings. The molecule has 0 aromatic heterocycles. The first-order valence-electron chi connectivity index (χ1n) is 9.47. The molecule has 1 N–H and O–H groups in total. The van der Waals surface area contributed by atoms with Gasteiger partial charge in [0, 0.05) is 23.8 Å². The summed E-state index contributed by atoms with van der Waals surface area (Å²) in [5.41, 5.74) is -1.93. The molecule has 0 aliphatic heterocycles. The van der Waals surface area contributed by atoms with E-state index in [1.165, 1.54) is 12.2 Å². The highest BCUT2D eigenvalue weighted by molar-refractivity contribution is 6.13. The molecule has 0 heterocycles. The Labute approximate surface area is 156 Å². The zero-order valence-corrected chi connectivity index (χ0v) is 15.5. The van der Waals surface area contributed by atoms with E-state index >= 15 is 0 Å². The van der Waals surface area contributed by atoms with Gasteiger partial charge in [-0.2, -0.15) is 0 Å². The number of rotatable bonds is 2. The van der Waals surface area contributed by atoms with Crippen LogP contribution in [0.4, 0.5) is 4.39 Å². The quantitative estimate of drug-likeness (QED) is 0.748. The van der Waals surface area contributed by atoms with Crippen molar-refractivity contribution in [3.8, 4) is 0 Å². The van der Waals surface area contributed by atoms with E-state index in [9.17, 15) is 28.7 Å². The lowest BCUT2D eigenvalue weighted by Gasteiger charge is -2.54.